The molecule has 73 valence electrons. The molecule has 0 saturated carbocycles. The van der Waals surface area contributed by atoms with E-state index in [0.717, 1.165) is 0 Å². The van der Waals surface area contributed by atoms with Gasteiger partial charge in [-0.1, -0.05) is 0 Å². The van der Waals surface area contributed by atoms with Gasteiger partial charge in [-0.25, -0.2) is 0 Å². The van der Waals surface area contributed by atoms with Crippen molar-refractivity contribution in [2.45, 2.75) is 0 Å². The van der Waals surface area contributed by atoms with Crippen molar-refractivity contribution >= 4 is 0 Å². The molecule has 0 aromatic rings. The molecule has 0 fully saturated rings. The average molecular weight is 317 g/mol. The van der Waals surface area contributed by atoms with Gasteiger partial charge in [-0.3, -0.25) is 0 Å². The minimum Gasteiger partial charge on any atom is -0.512 e. The molecule has 0 spiro atoms. The summed E-state index contributed by atoms with van der Waals surface area (Å²) in [5.74, 6) is 0. The summed E-state index contributed by atoms with van der Waals surface area (Å²) in [5.41, 5.74) is 0. The van der Waals surface area contributed by atoms with Crippen molar-refractivity contribution in [3.63, 3.8) is 0 Å². The number of nitrogens with zero attached hydrogens (tertiary/aromatic N) is 6. The fraction of sp³-hybridized carbons (Fsp3) is 0. The summed E-state index contributed by atoms with van der Waals surface area (Å²) >= 11 is 0. The first kappa shape index (κ1) is 100. The Morgan fingerprint density at radius 2 is 0.375 bits per heavy atom. The van der Waals surface area contributed by atoms with E-state index in [9.17, 15) is 0 Å². The maximum absolute atomic E-state index is 6.25. The molecule has 0 aliphatic heterocycles. The summed E-state index contributed by atoms with van der Waals surface area (Å²) in [6.07, 6.45) is 0. The average Bonchev–Trinajstić information content (AvgIpc) is 2.33. The predicted octanol–water partition coefficient (Wildman–Crippen LogP) is -5.42. The van der Waals surface area contributed by atoms with Crippen molar-refractivity contribution in [3.8, 4) is 0 Å². The van der Waals surface area contributed by atoms with Gasteiger partial charge in [0.05, 0.1) is 0 Å². The molecule has 0 aromatic heterocycles. The molecule has 0 amide bonds. The molecule has 10 heteroatoms. The smallest absolute Gasteiger partial charge is 0.512 e. The van der Waals surface area contributed by atoms with E-state index >= 15 is 0 Å². The third kappa shape index (κ3) is 2030000. The normalized spacial score (nSPS) is 0.750. The summed E-state index contributed by atoms with van der Waals surface area (Å²) in [5, 5.41) is 37.5. The molecular weight excluding hydrogens is 317 g/mol. The standard InChI is InChI=1S/6CN.Co.Fe.2Na/c6*1-2;;;;/q6*-1;2*+2;2*+1. The second kappa shape index (κ2) is 2520000. The van der Waals surface area contributed by atoms with Crippen LogP contribution in [0.4, 0.5) is 0 Å². The first-order valence-electron chi connectivity index (χ1n) is 1.34. The van der Waals surface area contributed by atoms with Crippen molar-refractivity contribution in [3.05, 3.63) is 39.4 Å². The van der Waals surface area contributed by atoms with E-state index in [-0.39, 0.29) is 93.0 Å². The molecule has 0 N–H and O–H groups in total. The monoisotopic (exact) mass is 317 g/mol. The minimum atomic E-state index is 0. The van der Waals surface area contributed by atoms with Gasteiger partial charge >= 0.3 is 93.0 Å². The van der Waals surface area contributed by atoms with Crippen LogP contribution in [-0.4, -0.2) is 0 Å². The number of hydrogen-bond donors (Lipinski definition) is 0. The van der Waals surface area contributed by atoms with E-state index in [2.05, 4.69) is 0 Å². The molecular formula is C6CoFeN6Na2. The molecule has 0 saturated heterocycles. The van der Waals surface area contributed by atoms with Crippen LogP contribution < -0.4 is 59.1 Å². The van der Waals surface area contributed by atoms with Crippen molar-refractivity contribution in [2.24, 2.45) is 0 Å². The molecule has 0 heterocycles. The Labute approximate surface area is 162 Å². The van der Waals surface area contributed by atoms with Gasteiger partial charge in [0, 0.05) is 0 Å². The predicted molar refractivity (Wildman–Crippen MR) is 29.8 cm³/mol. The zero-order valence-electron chi connectivity index (χ0n) is 8.37. The first-order chi connectivity index (χ1) is 6.00. The molecule has 0 bridgehead atoms. The third-order valence-electron chi connectivity index (χ3n) is 0. The molecule has 0 atom stereocenters. The Kier molecular flexibility index (Phi) is 15800000. The van der Waals surface area contributed by atoms with Crippen LogP contribution in [0.25, 0.3) is 0 Å². The fourth-order valence-corrected chi connectivity index (χ4v) is 0. The zero-order chi connectivity index (χ0) is 12.0. The van der Waals surface area contributed by atoms with Crippen molar-refractivity contribution in [1.29, 1.82) is 31.6 Å². The first-order valence-corrected chi connectivity index (χ1v) is 1.34. The maximum atomic E-state index is 6.25. The zero-order valence-corrected chi connectivity index (χ0v) is 14.5. The number of hydrogen-bond acceptors (Lipinski definition) is 6. The second-order valence-electron chi connectivity index (χ2n) is 0. The SMILES string of the molecule is [C-]#N.[C-]#N.[C-]#N.[C-]#N.[C-]#N.[C-]#N.[Co+2].[Fe+2].[Na+].[Na+]. The summed E-state index contributed by atoms with van der Waals surface area (Å²) in [7, 11) is 0. The molecule has 1 radical (unpaired) electrons. The van der Waals surface area contributed by atoms with Crippen LogP contribution in [-0.2, 0) is 33.8 Å². The van der Waals surface area contributed by atoms with Crippen LogP contribution in [0.1, 0.15) is 0 Å². The molecule has 6 nitrogen and oxygen atoms in total. The molecule has 0 rings (SSSR count). The van der Waals surface area contributed by atoms with Gasteiger partial charge < -0.3 is 71.0 Å². The largest absolute Gasteiger partial charge is 2.00 e. The van der Waals surface area contributed by atoms with Crippen molar-refractivity contribution in [2.75, 3.05) is 0 Å². The Morgan fingerprint density at radius 1 is 0.375 bits per heavy atom. The fourth-order valence-electron chi connectivity index (χ4n) is 0. The Balaban J connectivity index is -0.00000000321. The van der Waals surface area contributed by atoms with Gasteiger partial charge in [-0.05, 0) is 0 Å². The van der Waals surface area contributed by atoms with Crippen LogP contribution >= 0.6 is 0 Å². The number of rotatable bonds is 0. The van der Waals surface area contributed by atoms with Gasteiger partial charge in [0.25, 0.3) is 0 Å². The van der Waals surface area contributed by atoms with Crippen LogP contribution in [0.3, 0.4) is 0 Å². The molecule has 0 aromatic carbocycles. The minimum absolute atomic E-state index is 0. The summed E-state index contributed by atoms with van der Waals surface area (Å²) in [6.45, 7) is 28.5. The van der Waals surface area contributed by atoms with Gasteiger partial charge in [0.15, 0.2) is 0 Å². The van der Waals surface area contributed by atoms with Crippen molar-refractivity contribution < 1.29 is 93.0 Å². The summed E-state index contributed by atoms with van der Waals surface area (Å²) in [4.78, 5) is 0. The van der Waals surface area contributed by atoms with E-state index in [4.69, 9.17) is 71.0 Å². The Bertz CT molecular complexity index is 106. The van der Waals surface area contributed by atoms with Crippen LogP contribution in [0.15, 0.2) is 0 Å². The summed E-state index contributed by atoms with van der Waals surface area (Å²) < 4.78 is 0. The van der Waals surface area contributed by atoms with Crippen molar-refractivity contribution in [1.82, 2.24) is 0 Å². The molecule has 0 unspecified atom stereocenters. The second-order valence-corrected chi connectivity index (χ2v) is 0. The molecule has 0 aliphatic rings. The van der Waals surface area contributed by atoms with Crippen LogP contribution in [0, 0.1) is 71.0 Å². The van der Waals surface area contributed by atoms with Gasteiger partial charge in [0.1, 0.15) is 0 Å². The van der Waals surface area contributed by atoms with Gasteiger partial charge in [0.2, 0.25) is 0 Å². The third-order valence-corrected chi connectivity index (χ3v) is 0. The van der Waals surface area contributed by atoms with E-state index in [1.807, 2.05) is 0 Å². The Hall–Kier alpha value is -0.0340. The van der Waals surface area contributed by atoms with E-state index in [1.54, 1.807) is 0 Å². The summed E-state index contributed by atoms with van der Waals surface area (Å²) in [6, 6.07) is 0. The topological polar surface area (TPSA) is 143 Å². The quantitative estimate of drug-likeness (QED) is 0.322. The van der Waals surface area contributed by atoms with Crippen LogP contribution in [0.2, 0.25) is 0 Å². The van der Waals surface area contributed by atoms with E-state index < -0.39 is 0 Å². The van der Waals surface area contributed by atoms with E-state index in [0.29, 0.717) is 0 Å². The van der Waals surface area contributed by atoms with Gasteiger partial charge in [-0.15, -0.1) is 0 Å². The maximum Gasteiger partial charge on any atom is 2.00 e. The van der Waals surface area contributed by atoms with Gasteiger partial charge in [-0.2, -0.15) is 0 Å². The van der Waals surface area contributed by atoms with Crippen LogP contribution in [0.5, 0.6) is 0 Å². The molecule has 16 heavy (non-hydrogen) atoms. The Morgan fingerprint density at radius 3 is 0.375 bits per heavy atom. The van der Waals surface area contributed by atoms with E-state index in [1.165, 1.54) is 0 Å². The molecule has 0 aliphatic carbocycles.